The van der Waals surface area contributed by atoms with Gasteiger partial charge in [-0.25, -0.2) is 15.8 Å². The molecule has 6 nitrogen and oxygen atoms in total. The van der Waals surface area contributed by atoms with Gasteiger partial charge in [0, 0.05) is 17.5 Å². The number of hydrogen-bond donors (Lipinski definition) is 4. The predicted octanol–water partition coefficient (Wildman–Crippen LogP) is 1.35. The Bertz CT molecular complexity index is 663. The van der Waals surface area contributed by atoms with E-state index in [9.17, 15) is 4.79 Å². The number of aromatic nitrogens is 1. The van der Waals surface area contributed by atoms with Crippen molar-refractivity contribution < 1.29 is 4.79 Å². The Labute approximate surface area is 126 Å². The summed E-state index contributed by atoms with van der Waals surface area (Å²) < 4.78 is 0. The fourth-order valence-electron chi connectivity index (χ4n) is 2.06. The lowest BCUT2D eigenvalue weighted by atomic mass is 10.1. The molecule has 1 saturated heterocycles. The molecule has 0 aliphatic carbocycles. The highest BCUT2D eigenvalue weighted by molar-refractivity contribution is 7.14. The van der Waals surface area contributed by atoms with Gasteiger partial charge in [0.1, 0.15) is 6.04 Å². The molecule has 0 saturated carbocycles. The molecule has 1 amide bonds. The van der Waals surface area contributed by atoms with Crippen molar-refractivity contribution in [3.63, 3.8) is 0 Å². The summed E-state index contributed by atoms with van der Waals surface area (Å²) in [5.74, 6) is -0.103. The zero-order valence-corrected chi connectivity index (χ0v) is 12.7. The van der Waals surface area contributed by atoms with Crippen molar-refractivity contribution in [1.29, 1.82) is 0 Å². The van der Waals surface area contributed by atoms with Gasteiger partial charge >= 0.3 is 0 Å². The standard InChI is InChI=1S/C14H17N5OS/c1-8-3-4-10(5-9(8)2)12-7-21-14(16-12)17-13(20)11-6-15-19-18-11/h3-5,7,11,15,18-19H,6H2,1-2H3,(H,16,17,20). The van der Waals surface area contributed by atoms with Crippen LogP contribution in [-0.4, -0.2) is 23.5 Å². The molecular formula is C14H17N5OS. The molecule has 0 bridgehead atoms. The van der Waals surface area contributed by atoms with E-state index < -0.39 is 0 Å². The molecule has 1 aromatic carbocycles. The van der Waals surface area contributed by atoms with Crippen LogP contribution in [0.1, 0.15) is 11.1 Å². The summed E-state index contributed by atoms with van der Waals surface area (Å²) in [7, 11) is 0. The maximum absolute atomic E-state index is 12.0. The third kappa shape index (κ3) is 3.11. The number of carbonyl (C=O) groups is 1. The minimum Gasteiger partial charge on any atom is -0.301 e. The van der Waals surface area contributed by atoms with Crippen LogP contribution < -0.4 is 21.7 Å². The number of hydrazine groups is 2. The van der Waals surface area contributed by atoms with Crippen LogP contribution >= 0.6 is 11.3 Å². The number of thiazole rings is 1. The predicted molar refractivity (Wildman–Crippen MR) is 83.7 cm³/mol. The number of anilines is 1. The Kier molecular flexibility index (Phi) is 3.98. The summed E-state index contributed by atoms with van der Waals surface area (Å²) >= 11 is 1.43. The number of aryl methyl sites for hydroxylation is 2. The van der Waals surface area contributed by atoms with Gasteiger partial charge in [0.25, 0.3) is 0 Å². The van der Waals surface area contributed by atoms with Crippen molar-refractivity contribution in [2.45, 2.75) is 19.9 Å². The number of rotatable bonds is 3. The largest absolute Gasteiger partial charge is 0.301 e. The summed E-state index contributed by atoms with van der Waals surface area (Å²) in [5.41, 5.74) is 12.8. The third-order valence-electron chi connectivity index (χ3n) is 3.49. The van der Waals surface area contributed by atoms with Crippen molar-refractivity contribution in [2.24, 2.45) is 0 Å². The first-order valence-corrected chi connectivity index (χ1v) is 7.59. The number of nitrogens with one attached hydrogen (secondary N) is 4. The van der Waals surface area contributed by atoms with Crippen molar-refractivity contribution in [3.05, 3.63) is 34.7 Å². The molecule has 2 aromatic rings. The summed E-state index contributed by atoms with van der Waals surface area (Å²) in [5, 5.41) is 5.40. The SMILES string of the molecule is Cc1ccc(-c2csc(NC(=O)C3CNNN3)n2)cc1C. The lowest BCUT2D eigenvalue weighted by Gasteiger charge is -2.06. The number of hydrogen-bond acceptors (Lipinski definition) is 6. The highest BCUT2D eigenvalue weighted by Gasteiger charge is 2.22. The zero-order valence-electron chi connectivity index (χ0n) is 11.9. The summed E-state index contributed by atoms with van der Waals surface area (Å²) in [6, 6.07) is 5.96. The molecule has 1 aromatic heterocycles. The monoisotopic (exact) mass is 303 g/mol. The topological polar surface area (TPSA) is 78.1 Å². The Balaban J connectivity index is 1.73. The first kappa shape index (κ1) is 14.2. The van der Waals surface area contributed by atoms with E-state index in [1.54, 1.807) is 0 Å². The molecule has 4 N–H and O–H groups in total. The summed E-state index contributed by atoms with van der Waals surface area (Å²) in [4.78, 5) is 16.5. The normalized spacial score (nSPS) is 17.9. The van der Waals surface area contributed by atoms with Gasteiger partial charge in [0.15, 0.2) is 5.13 Å². The van der Waals surface area contributed by atoms with Gasteiger partial charge in [0.2, 0.25) is 5.91 Å². The average Bonchev–Trinajstić information content (AvgIpc) is 3.12. The van der Waals surface area contributed by atoms with Gasteiger partial charge in [-0.15, -0.1) is 11.3 Å². The van der Waals surface area contributed by atoms with Gasteiger partial charge in [-0.2, -0.15) is 5.53 Å². The lowest BCUT2D eigenvalue weighted by Crippen LogP contribution is -2.40. The van der Waals surface area contributed by atoms with Gasteiger partial charge in [-0.1, -0.05) is 12.1 Å². The van der Waals surface area contributed by atoms with Gasteiger partial charge < -0.3 is 5.32 Å². The van der Waals surface area contributed by atoms with E-state index in [1.807, 2.05) is 5.38 Å². The number of carbonyl (C=O) groups excluding carboxylic acids is 1. The highest BCUT2D eigenvalue weighted by atomic mass is 32.1. The van der Waals surface area contributed by atoms with Crippen LogP contribution in [-0.2, 0) is 4.79 Å². The molecule has 0 radical (unpaired) electrons. The van der Waals surface area contributed by atoms with Crippen LogP contribution in [0.25, 0.3) is 11.3 Å². The molecular weight excluding hydrogens is 286 g/mol. The number of nitrogens with zero attached hydrogens (tertiary/aromatic N) is 1. The first-order valence-electron chi connectivity index (χ1n) is 6.71. The highest BCUT2D eigenvalue weighted by Crippen LogP contribution is 2.26. The van der Waals surface area contributed by atoms with Crippen LogP contribution in [0, 0.1) is 13.8 Å². The quantitative estimate of drug-likeness (QED) is 0.688. The maximum Gasteiger partial charge on any atom is 0.246 e. The van der Waals surface area contributed by atoms with Gasteiger partial charge in [0.05, 0.1) is 5.69 Å². The van der Waals surface area contributed by atoms with Crippen molar-refractivity contribution in [1.82, 2.24) is 21.4 Å². The molecule has 7 heteroatoms. The van der Waals surface area contributed by atoms with E-state index in [-0.39, 0.29) is 11.9 Å². The van der Waals surface area contributed by atoms with Crippen molar-refractivity contribution in [3.8, 4) is 11.3 Å². The molecule has 21 heavy (non-hydrogen) atoms. The van der Waals surface area contributed by atoms with Crippen LogP contribution in [0.5, 0.6) is 0 Å². The molecule has 110 valence electrons. The van der Waals surface area contributed by atoms with Crippen LogP contribution in [0.2, 0.25) is 0 Å². The molecule has 0 spiro atoms. The van der Waals surface area contributed by atoms with Crippen LogP contribution in [0.15, 0.2) is 23.6 Å². The Morgan fingerprint density at radius 3 is 2.95 bits per heavy atom. The van der Waals surface area contributed by atoms with Crippen LogP contribution in [0.3, 0.4) is 0 Å². The minimum absolute atomic E-state index is 0.103. The Hall–Kier alpha value is -1.80. The van der Waals surface area contributed by atoms with Crippen LogP contribution in [0.4, 0.5) is 5.13 Å². The molecule has 1 aliphatic heterocycles. The zero-order chi connectivity index (χ0) is 14.8. The number of benzene rings is 1. The van der Waals surface area contributed by atoms with E-state index in [0.29, 0.717) is 11.7 Å². The molecule has 2 heterocycles. The second-order valence-electron chi connectivity index (χ2n) is 5.03. The number of amides is 1. The third-order valence-corrected chi connectivity index (χ3v) is 4.25. The van der Waals surface area contributed by atoms with Crippen molar-refractivity contribution in [2.75, 3.05) is 11.9 Å². The van der Waals surface area contributed by atoms with E-state index in [2.05, 4.69) is 58.7 Å². The summed E-state index contributed by atoms with van der Waals surface area (Å²) in [6.07, 6.45) is 0. The van der Waals surface area contributed by atoms with E-state index >= 15 is 0 Å². The molecule has 1 unspecified atom stereocenters. The maximum atomic E-state index is 12.0. The minimum atomic E-state index is -0.293. The van der Waals surface area contributed by atoms with E-state index in [0.717, 1.165) is 11.3 Å². The fraction of sp³-hybridized carbons (Fsp3) is 0.286. The smallest absolute Gasteiger partial charge is 0.246 e. The first-order chi connectivity index (χ1) is 10.1. The average molecular weight is 303 g/mol. The second kappa shape index (κ2) is 5.90. The lowest BCUT2D eigenvalue weighted by molar-refractivity contribution is -0.117. The fourth-order valence-corrected chi connectivity index (χ4v) is 2.78. The Morgan fingerprint density at radius 2 is 2.24 bits per heavy atom. The van der Waals surface area contributed by atoms with Gasteiger partial charge in [-0.05, 0) is 31.0 Å². The molecule has 1 aliphatic rings. The van der Waals surface area contributed by atoms with Gasteiger partial charge in [-0.3, -0.25) is 4.79 Å². The van der Waals surface area contributed by atoms with E-state index in [1.165, 1.54) is 22.5 Å². The van der Waals surface area contributed by atoms with E-state index in [4.69, 9.17) is 0 Å². The summed E-state index contributed by atoms with van der Waals surface area (Å²) in [6.45, 7) is 4.71. The second-order valence-corrected chi connectivity index (χ2v) is 5.89. The molecule has 1 fully saturated rings. The Morgan fingerprint density at radius 1 is 1.38 bits per heavy atom. The van der Waals surface area contributed by atoms with Crippen molar-refractivity contribution >= 4 is 22.4 Å². The molecule has 3 rings (SSSR count). The molecule has 1 atom stereocenters.